The predicted octanol–water partition coefficient (Wildman–Crippen LogP) is 1.96. The van der Waals surface area contributed by atoms with E-state index < -0.39 is 17.8 Å². The molecule has 2 N–H and O–H groups in total. The van der Waals surface area contributed by atoms with Gasteiger partial charge in [0.15, 0.2) is 0 Å². The lowest BCUT2D eigenvalue weighted by Crippen LogP contribution is -2.40. The zero-order chi connectivity index (χ0) is 15.0. The van der Waals surface area contributed by atoms with Crippen molar-refractivity contribution in [2.24, 2.45) is 23.7 Å². The number of allylic oxidation sites excluding steroid dienone is 2. The third-order valence-corrected chi connectivity index (χ3v) is 4.46. The first kappa shape index (κ1) is 13.8. The Balaban J connectivity index is 1.69. The molecule has 4 atom stereocenters. The summed E-state index contributed by atoms with van der Waals surface area (Å²) >= 11 is 0. The molecule has 0 spiro atoms. The number of carboxylic acid groups (broad SMARTS) is 1. The van der Waals surface area contributed by atoms with Crippen LogP contribution in [0.2, 0.25) is 0 Å². The van der Waals surface area contributed by atoms with E-state index in [9.17, 15) is 19.1 Å². The summed E-state index contributed by atoms with van der Waals surface area (Å²) in [4.78, 5) is 23.7. The van der Waals surface area contributed by atoms with E-state index >= 15 is 0 Å². The van der Waals surface area contributed by atoms with Crippen LogP contribution in [-0.4, -0.2) is 17.0 Å². The van der Waals surface area contributed by atoms with Crippen LogP contribution in [-0.2, 0) is 16.1 Å². The van der Waals surface area contributed by atoms with E-state index in [2.05, 4.69) is 5.32 Å². The first-order chi connectivity index (χ1) is 10.1. The van der Waals surface area contributed by atoms with Gasteiger partial charge in [-0.3, -0.25) is 9.59 Å². The smallest absolute Gasteiger partial charge is 0.307 e. The Kier molecular flexibility index (Phi) is 3.49. The van der Waals surface area contributed by atoms with Gasteiger partial charge in [0.1, 0.15) is 5.82 Å². The number of fused-ring (bicyclic) bond motifs is 2. The van der Waals surface area contributed by atoms with Crippen molar-refractivity contribution in [3.05, 3.63) is 47.8 Å². The number of aliphatic carboxylic acids is 1. The fraction of sp³-hybridized carbons (Fsp3) is 0.375. The maximum absolute atomic E-state index is 13.5. The van der Waals surface area contributed by atoms with E-state index in [4.69, 9.17) is 0 Å². The molecule has 3 rings (SSSR count). The van der Waals surface area contributed by atoms with E-state index in [1.54, 1.807) is 18.2 Å². The van der Waals surface area contributed by atoms with Crippen molar-refractivity contribution in [1.82, 2.24) is 5.32 Å². The van der Waals surface area contributed by atoms with Crippen molar-refractivity contribution >= 4 is 11.9 Å². The van der Waals surface area contributed by atoms with Gasteiger partial charge in [-0.25, -0.2) is 4.39 Å². The van der Waals surface area contributed by atoms with Gasteiger partial charge in [0, 0.05) is 12.1 Å². The molecule has 2 bridgehead atoms. The van der Waals surface area contributed by atoms with Crippen LogP contribution in [0.4, 0.5) is 4.39 Å². The number of halogens is 1. The molecule has 0 unspecified atom stereocenters. The monoisotopic (exact) mass is 289 g/mol. The lowest BCUT2D eigenvalue weighted by molar-refractivity contribution is -0.147. The van der Waals surface area contributed by atoms with Crippen molar-refractivity contribution in [2.75, 3.05) is 0 Å². The van der Waals surface area contributed by atoms with Gasteiger partial charge >= 0.3 is 5.97 Å². The van der Waals surface area contributed by atoms with Crippen LogP contribution in [0.25, 0.3) is 0 Å². The molecule has 0 aliphatic heterocycles. The summed E-state index contributed by atoms with van der Waals surface area (Å²) in [5.41, 5.74) is 0.399. The number of nitrogens with one attached hydrogen (secondary N) is 1. The number of amides is 1. The van der Waals surface area contributed by atoms with Crippen LogP contribution in [0.15, 0.2) is 36.4 Å². The molecule has 2 aliphatic rings. The van der Waals surface area contributed by atoms with E-state index in [1.165, 1.54) is 6.07 Å². The average molecular weight is 289 g/mol. The quantitative estimate of drug-likeness (QED) is 0.833. The highest BCUT2D eigenvalue weighted by Gasteiger charge is 2.51. The highest BCUT2D eigenvalue weighted by molar-refractivity contribution is 5.86. The third kappa shape index (κ3) is 2.44. The maximum Gasteiger partial charge on any atom is 0.307 e. The molecule has 1 aromatic rings. The van der Waals surface area contributed by atoms with Gasteiger partial charge in [-0.15, -0.1) is 0 Å². The number of carbonyl (C=O) groups excluding carboxylic acids is 1. The van der Waals surface area contributed by atoms with Crippen molar-refractivity contribution in [3.63, 3.8) is 0 Å². The highest BCUT2D eigenvalue weighted by Crippen LogP contribution is 2.48. The first-order valence-corrected chi connectivity index (χ1v) is 7.00. The molecule has 0 heterocycles. The van der Waals surface area contributed by atoms with E-state index in [1.807, 2.05) is 12.2 Å². The molecule has 2 aliphatic carbocycles. The van der Waals surface area contributed by atoms with Gasteiger partial charge < -0.3 is 10.4 Å². The summed E-state index contributed by atoms with van der Waals surface area (Å²) < 4.78 is 13.5. The average Bonchev–Trinajstić information content (AvgIpc) is 3.06. The summed E-state index contributed by atoms with van der Waals surface area (Å²) in [6, 6.07) is 6.22. The maximum atomic E-state index is 13.5. The van der Waals surface area contributed by atoms with Crippen molar-refractivity contribution < 1.29 is 19.1 Å². The highest BCUT2D eigenvalue weighted by atomic mass is 19.1. The Hall–Kier alpha value is -2.17. The number of carboxylic acids is 1. The Morgan fingerprint density at radius 1 is 1.19 bits per heavy atom. The third-order valence-electron chi connectivity index (χ3n) is 4.46. The number of hydrogen-bond donors (Lipinski definition) is 2. The lowest BCUT2D eigenvalue weighted by atomic mass is 9.82. The second-order valence-corrected chi connectivity index (χ2v) is 5.65. The van der Waals surface area contributed by atoms with Gasteiger partial charge in [0.25, 0.3) is 0 Å². The molecule has 5 heteroatoms. The van der Waals surface area contributed by atoms with E-state index in [-0.39, 0.29) is 30.1 Å². The van der Waals surface area contributed by atoms with E-state index in [0.29, 0.717) is 5.56 Å². The molecule has 4 nitrogen and oxygen atoms in total. The topological polar surface area (TPSA) is 66.4 Å². The Morgan fingerprint density at radius 3 is 2.52 bits per heavy atom. The minimum Gasteiger partial charge on any atom is -0.481 e. The number of benzene rings is 1. The SMILES string of the molecule is O=C(NCc1ccccc1F)[C@@H]1[C@@H](C(=O)O)[C@H]2C=C[C@@H]1C2. The summed E-state index contributed by atoms with van der Waals surface area (Å²) in [6.07, 6.45) is 4.54. The van der Waals surface area contributed by atoms with Gasteiger partial charge in [0.05, 0.1) is 11.8 Å². The number of carbonyl (C=O) groups is 2. The number of rotatable bonds is 4. The van der Waals surface area contributed by atoms with Gasteiger partial charge in [0.2, 0.25) is 5.91 Å². The minimum atomic E-state index is -0.933. The second kappa shape index (κ2) is 5.31. The van der Waals surface area contributed by atoms with Crippen LogP contribution >= 0.6 is 0 Å². The van der Waals surface area contributed by atoms with Crippen LogP contribution in [0, 0.1) is 29.5 Å². The molecule has 1 amide bonds. The van der Waals surface area contributed by atoms with Crippen LogP contribution in [0.3, 0.4) is 0 Å². The standard InChI is InChI=1S/C16H16FNO3/c17-12-4-2-1-3-11(12)8-18-15(19)13-9-5-6-10(7-9)14(13)16(20)21/h1-6,9-10,13-14H,7-8H2,(H,18,19)(H,20,21)/t9-,10+,13+,14+/m1/s1. The first-order valence-electron chi connectivity index (χ1n) is 7.00. The van der Waals surface area contributed by atoms with Crippen LogP contribution < -0.4 is 5.32 Å². The summed E-state index contributed by atoms with van der Waals surface area (Å²) in [5.74, 6) is -2.90. The van der Waals surface area contributed by atoms with E-state index in [0.717, 1.165) is 6.42 Å². The van der Waals surface area contributed by atoms with Crippen molar-refractivity contribution in [3.8, 4) is 0 Å². The molecule has 1 fully saturated rings. The van der Waals surface area contributed by atoms with Crippen LogP contribution in [0.1, 0.15) is 12.0 Å². The van der Waals surface area contributed by atoms with Gasteiger partial charge in [-0.2, -0.15) is 0 Å². The zero-order valence-electron chi connectivity index (χ0n) is 11.3. The lowest BCUT2D eigenvalue weighted by Gasteiger charge is -2.23. The molecule has 110 valence electrons. The molecule has 0 aromatic heterocycles. The molecule has 1 aromatic carbocycles. The normalized spacial score (nSPS) is 29.6. The molecular formula is C16H16FNO3. The van der Waals surface area contributed by atoms with Gasteiger partial charge in [-0.05, 0) is 24.3 Å². The predicted molar refractivity (Wildman–Crippen MR) is 73.6 cm³/mol. The number of hydrogen-bond acceptors (Lipinski definition) is 2. The Bertz CT molecular complexity index is 613. The minimum absolute atomic E-state index is 0.0169. The van der Waals surface area contributed by atoms with Crippen molar-refractivity contribution in [2.45, 2.75) is 13.0 Å². The fourth-order valence-electron chi connectivity index (χ4n) is 3.46. The molecule has 21 heavy (non-hydrogen) atoms. The molecular weight excluding hydrogens is 273 g/mol. The van der Waals surface area contributed by atoms with Crippen LogP contribution in [0.5, 0.6) is 0 Å². The zero-order valence-corrected chi connectivity index (χ0v) is 11.3. The fourth-order valence-corrected chi connectivity index (χ4v) is 3.46. The Labute approximate surface area is 121 Å². The Morgan fingerprint density at radius 2 is 1.86 bits per heavy atom. The van der Waals surface area contributed by atoms with Gasteiger partial charge in [-0.1, -0.05) is 30.4 Å². The largest absolute Gasteiger partial charge is 0.481 e. The molecule has 1 saturated carbocycles. The van der Waals surface area contributed by atoms with Crippen molar-refractivity contribution in [1.29, 1.82) is 0 Å². The molecule has 0 saturated heterocycles. The summed E-state index contributed by atoms with van der Waals surface area (Å²) in [5, 5.41) is 12.0. The summed E-state index contributed by atoms with van der Waals surface area (Å²) in [7, 11) is 0. The molecule has 0 radical (unpaired) electrons. The summed E-state index contributed by atoms with van der Waals surface area (Å²) in [6.45, 7) is 0.0788. The second-order valence-electron chi connectivity index (χ2n) is 5.65.